The van der Waals surface area contributed by atoms with Crippen molar-refractivity contribution < 1.29 is 4.74 Å². The standard InChI is InChI=1S/C16H24BrNO/c1-12-3-8-16(13(2)11-12)18-9-10-19-15-6-4-14(17)5-7-15/h4-7,12-13,16,18H,3,8-11H2,1-2H3. The van der Waals surface area contributed by atoms with Crippen LogP contribution in [0, 0.1) is 11.8 Å². The van der Waals surface area contributed by atoms with Gasteiger partial charge in [-0.25, -0.2) is 0 Å². The van der Waals surface area contributed by atoms with Gasteiger partial charge in [-0.2, -0.15) is 0 Å². The molecule has 0 aliphatic heterocycles. The summed E-state index contributed by atoms with van der Waals surface area (Å²) < 4.78 is 6.81. The van der Waals surface area contributed by atoms with Crippen LogP contribution in [-0.4, -0.2) is 19.2 Å². The van der Waals surface area contributed by atoms with Crippen LogP contribution in [0.15, 0.2) is 28.7 Å². The van der Waals surface area contributed by atoms with Crippen LogP contribution in [0.2, 0.25) is 0 Å². The van der Waals surface area contributed by atoms with Gasteiger partial charge in [0, 0.05) is 17.1 Å². The van der Waals surface area contributed by atoms with Crippen molar-refractivity contribution >= 4 is 15.9 Å². The van der Waals surface area contributed by atoms with Crippen molar-refractivity contribution in [2.24, 2.45) is 11.8 Å². The van der Waals surface area contributed by atoms with Gasteiger partial charge in [0.25, 0.3) is 0 Å². The monoisotopic (exact) mass is 325 g/mol. The number of hydrogen-bond acceptors (Lipinski definition) is 2. The molecule has 0 radical (unpaired) electrons. The lowest BCUT2D eigenvalue weighted by molar-refractivity contribution is 0.215. The van der Waals surface area contributed by atoms with Gasteiger partial charge in [0.05, 0.1) is 0 Å². The molecule has 1 aliphatic carbocycles. The molecule has 2 rings (SSSR count). The van der Waals surface area contributed by atoms with Gasteiger partial charge in [0.1, 0.15) is 12.4 Å². The maximum Gasteiger partial charge on any atom is 0.119 e. The first-order valence-corrected chi connectivity index (χ1v) is 8.06. The maximum atomic E-state index is 5.73. The Hall–Kier alpha value is -0.540. The Morgan fingerprint density at radius 3 is 2.63 bits per heavy atom. The Kier molecular flexibility index (Phi) is 5.71. The van der Waals surface area contributed by atoms with Crippen molar-refractivity contribution in [2.45, 2.75) is 39.2 Å². The van der Waals surface area contributed by atoms with Gasteiger partial charge in [-0.15, -0.1) is 0 Å². The number of halogens is 1. The summed E-state index contributed by atoms with van der Waals surface area (Å²) >= 11 is 3.42. The van der Waals surface area contributed by atoms with Crippen molar-refractivity contribution in [3.8, 4) is 5.75 Å². The van der Waals surface area contributed by atoms with Crippen molar-refractivity contribution in [1.82, 2.24) is 5.32 Å². The summed E-state index contributed by atoms with van der Waals surface area (Å²) in [6.45, 7) is 6.39. The Morgan fingerprint density at radius 1 is 1.21 bits per heavy atom. The molecule has 3 unspecified atom stereocenters. The summed E-state index contributed by atoms with van der Waals surface area (Å²) in [4.78, 5) is 0. The minimum Gasteiger partial charge on any atom is -0.492 e. The van der Waals surface area contributed by atoms with E-state index in [4.69, 9.17) is 4.74 Å². The summed E-state index contributed by atoms with van der Waals surface area (Å²) in [6.07, 6.45) is 4.02. The Morgan fingerprint density at radius 2 is 1.95 bits per heavy atom. The fraction of sp³-hybridized carbons (Fsp3) is 0.625. The van der Waals surface area contributed by atoms with E-state index in [0.29, 0.717) is 6.04 Å². The SMILES string of the molecule is CC1CCC(NCCOc2ccc(Br)cc2)C(C)C1. The molecule has 0 saturated heterocycles. The molecule has 3 heteroatoms. The molecule has 1 aliphatic rings. The molecule has 0 aromatic heterocycles. The van der Waals surface area contributed by atoms with Gasteiger partial charge in [-0.1, -0.05) is 29.8 Å². The third-order valence-corrected chi connectivity index (χ3v) is 4.55. The van der Waals surface area contributed by atoms with Crippen molar-refractivity contribution in [1.29, 1.82) is 0 Å². The highest BCUT2D eigenvalue weighted by Crippen LogP contribution is 2.28. The minimum absolute atomic E-state index is 0.671. The molecule has 0 heterocycles. The van der Waals surface area contributed by atoms with Crippen LogP contribution in [0.1, 0.15) is 33.1 Å². The molecule has 3 atom stereocenters. The molecule has 1 N–H and O–H groups in total. The van der Waals surface area contributed by atoms with E-state index < -0.39 is 0 Å². The highest BCUT2D eigenvalue weighted by Gasteiger charge is 2.24. The average molecular weight is 326 g/mol. The topological polar surface area (TPSA) is 21.3 Å². The van der Waals surface area contributed by atoms with Crippen molar-refractivity contribution in [2.75, 3.05) is 13.2 Å². The van der Waals surface area contributed by atoms with E-state index in [9.17, 15) is 0 Å². The summed E-state index contributed by atoms with van der Waals surface area (Å²) in [5.74, 6) is 2.62. The van der Waals surface area contributed by atoms with Crippen LogP contribution in [-0.2, 0) is 0 Å². The molecule has 0 bridgehead atoms. The van der Waals surface area contributed by atoms with Crippen LogP contribution in [0.5, 0.6) is 5.75 Å². The van der Waals surface area contributed by atoms with Crippen LogP contribution >= 0.6 is 15.9 Å². The molecular weight excluding hydrogens is 302 g/mol. The zero-order valence-electron chi connectivity index (χ0n) is 11.9. The first-order chi connectivity index (χ1) is 9.15. The number of benzene rings is 1. The van der Waals surface area contributed by atoms with Crippen molar-refractivity contribution in [3.63, 3.8) is 0 Å². The number of rotatable bonds is 5. The fourth-order valence-corrected chi connectivity index (χ4v) is 3.18. The second-order valence-corrected chi connectivity index (χ2v) is 6.67. The van der Waals surface area contributed by atoms with Crippen molar-refractivity contribution in [3.05, 3.63) is 28.7 Å². The summed E-state index contributed by atoms with van der Waals surface area (Å²) in [6, 6.07) is 8.68. The maximum absolute atomic E-state index is 5.73. The number of hydrogen-bond donors (Lipinski definition) is 1. The van der Waals surface area contributed by atoms with Gasteiger partial charge in [-0.05, 0) is 55.4 Å². The molecule has 1 saturated carbocycles. The molecule has 1 aromatic rings. The average Bonchev–Trinajstić information content (AvgIpc) is 2.39. The van der Waals surface area contributed by atoms with Crippen LogP contribution < -0.4 is 10.1 Å². The van der Waals surface area contributed by atoms with Gasteiger partial charge in [-0.3, -0.25) is 0 Å². The zero-order valence-corrected chi connectivity index (χ0v) is 13.4. The minimum atomic E-state index is 0.671. The molecule has 106 valence electrons. The first kappa shape index (κ1) is 14.9. The van der Waals surface area contributed by atoms with E-state index >= 15 is 0 Å². The van der Waals surface area contributed by atoms with E-state index in [2.05, 4.69) is 35.1 Å². The Labute approximate surface area is 125 Å². The van der Waals surface area contributed by atoms with Crippen LogP contribution in [0.4, 0.5) is 0 Å². The number of ether oxygens (including phenoxy) is 1. The lowest BCUT2D eigenvalue weighted by Gasteiger charge is -2.33. The third-order valence-electron chi connectivity index (χ3n) is 4.02. The van der Waals surface area contributed by atoms with Gasteiger partial charge in [0.2, 0.25) is 0 Å². The predicted octanol–water partition coefficient (Wildman–Crippen LogP) is 4.24. The summed E-state index contributed by atoms with van der Waals surface area (Å²) in [7, 11) is 0. The normalized spacial score (nSPS) is 27.2. The predicted molar refractivity (Wildman–Crippen MR) is 83.6 cm³/mol. The van der Waals surface area contributed by atoms with Gasteiger partial charge < -0.3 is 10.1 Å². The lowest BCUT2D eigenvalue weighted by Crippen LogP contribution is -2.40. The van der Waals surface area contributed by atoms with E-state index in [1.54, 1.807) is 0 Å². The quantitative estimate of drug-likeness (QED) is 0.817. The smallest absolute Gasteiger partial charge is 0.119 e. The first-order valence-electron chi connectivity index (χ1n) is 7.27. The van der Waals surface area contributed by atoms with Crippen LogP contribution in [0.3, 0.4) is 0 Å². The fourth-order valence-electron chi connectivity index (χ4n) is 2.91. The van der Waals surface area contributed by atoms with Gasteiger partial charge >= 0.3 is 0 Å². The van der Waals surface area contributed by atoms with Gasteiger partial charge in [0.15, 0.2) is 0 Å². The molecule has 0 amide bonds. The van der Waals surface area contributed by atoms with Crippen LogP contribution in [0.25, 0.3) is 0 Å². The lowest BCUT2D eigenvalue weighted by atomic mass is 9.80. The second kappa shape index (κ2) is 7.30. The van der Waals surface area contributed by atoms with E-state index in [1.165, 1.54) is 19.3 Å². The Balaban J connectivity index is 1.65. The number of nitrogens with one attached hydrogen (secondary N) is 1. The second-order valence-electron chi connectivity index (χ2n) is 5.76. The van der Waals surface area contributed by atoms with E-state index in [1.807, 2.05) is 24.3 Å². The van der Waals surface area contributed by atoms with E-state index in [-0.39, 0.29) is 0 Å². The Bertz CT molecular complexity index is 379. The molecule has 2 nitrogen and oxygen atoms in total. The zero-order chi connectivity index (χ0) is 13.7. The molecular formula is C16H24BrNO. The third kappa shape index (κ3) is 4.81. The highest BCUT2D eigenvalue weighted by atomic mass is 79.9. The molecule has 1 aromatic carbocycles. The largest absolute Gasteiger partial charge is 0.492 e. The highest BCUT2D eigenvalue weighted by molar-refractivity contribution is 9.10. The summed E-state index contributed by atoms with van der Waals surface area (Å²) in [5.41, 5.74) is 0. The molecule has 19 heavy (non-hydrogen) atoms. The summed E-state index contributed by atoms with van der Waals surface area (Å²) in [5, 5.41) is 3.64. The molecule has 1 fully saturated rings. The molecule has 0 spiro atoms. The van der Waals surface area contributed by atoms with E-state index in [0.717, 1.165) is 35.2 Å².